The number of benzene rings is 2. The highest BCUT2D eigenvalue weighted by Crippen LogP contribution is 2.28. The summed E-state index contributed by atoms with van der Waals surface area (Å²) in [4.78, 5) is 32.1. The molecule has 1 amide bonds. The summed E-state index contributed by atoms with van der Waals surface area (Å²) in [5.74, 6) is 0.270. The predicted octanol–water partition coefficient (Wildman–Crippen LogP) is 3.26. The van der Waals surface area contributed by atoms with Crippen LogP contribution in [0.3, 0.4) is 0 Å². The molecule has 164 valence electrons. The highest BCUT2D eigenvalue weighted by atomic mass is 16.6. The number of amides is 1. The van der Waals surface area contributed by atoms with Crippen molar-refractivity contribution in [1.29, 1.82) is 0 Å². The van der Waals surface area contributed by atoms with Gasteiger partial charge in [-0.1, -0.05) is 6.92 Å². The van der Waals surface area contributed by atoms with Crippen molar-refractivity contribution in [3.8, 4) is 17.2 Å². The van der Waals surface area contributed by atoms with Crippen molar-refractivity contribution in [2.75, 3.05) is 13.7 Å². The van der Waals surface area contributed by atoms with Gasteiger partial charge in [-0.25, -0.2) is 15.2 Å². The number of ether oxygens (including phenoxy) is 3. The smallest absolute Gasteiger partial charge is 0.343 e. The van der Waals surface area contributed by atoms with Crippen LogP contribution in [0.1, 0.15) is 39.8 Å². The van der Waals surface area contributed by atoms with Crippen molar-refractivity contribution in [3.05, 3.63) is 77.9 Å². The van der Waals surface area contributed by atoms with E-state index in [1.54, 1.807) is 42.5 Å². The summed E-state index contributed by atoms with van der Waals surface area (Å²) in [5, 5.41) is 3.89. The average Bonchev–Trinajstić information content (AvgIpc) is 2.84. The number of carbonyl (C=O) groups is 2. The number of rotatable bonds is 9. The molecule has 0 saturated carbocycles. The molecule has 0 radical (unpaired) electrons. The Kier molecular flexibility index (Phi) is 7.85. The first-order chi connectivity index (χ1) is 15.6. The number of aromatic nitrogens is 2. The Bertz CT molecular complexity index is 1090. The van der Waals surface area contributed by atoms with E-state index in [0.29, 0.717) is 29.2 Å². The molecular formula is C23H22N4O5. The van der Waals surface area contributed by atoms with Gasteiger partial charge in [-0.2, -0.15) is 5.10 Å². The van der Waals surface area contributed by atoms with Gasteiger partial charge in [-0.3, -0.25) is 9.78 Å². The highest BCUT2D eigenvalue weighted by molar-refractivity contribution is 5.93. The maximum atomic E-state index is 12.5. The molecule has 32 heavy (non-hydrogen) atoms. The fraction of sp³-hybridized carbons (Fsp3) is 0.174. The number of hydrazone groups is 1. The van der Waals surface area contributed by atoms with Crippen molar-refractivity contribution in [3.63, 3.8) is 0 Å². The van der Waals surface area contributed by atoms with E-state index in [1.807, 2.05) is 6.92 Å². The van der Waals surface area contributed by atoms with E-state index in [9.17, 15) is 9.59 Å². The van der Waals surface area contributed by atoms with Gasteiger partial charge in [0.2, 0.25) is 0 Å². The molecule has 3 aromatic rings. The van der Waals surface area contributed by atoms with Crippen LogP contribution in [-0.4, -0.2) is 41.8 Å². The Morgan fingerprint density at radius 1 is 1.09 bits per heavy atom. The second kappa shape index (κ2) is 11.2. The number of hydrogen-bond acceptors (Lipinski definition) is 8. The van der Waals surface area contributed by atoms with Crippen LogP contribution < -0.4 is 19.6 Å². The first-order valence-corrected chi connectivity index (χ1v) is 9.83. The molecule has 0 bridgehead atoms. The van der Waals surface area contributed by atoms with Gasteiger partial charge in [-0.05, 0) is 54.4 Å². The van der Waals surface area contributed by atoms with Crippen molar-refractivity contribution in [1.82, 2.24) is 15.4 Å². The molecule has 3 rings (SSSR count). The van der Waals surface area contributed by atoms with Crippen LogP contribution >= 0.6 is 0 Å². The third-order valence-electron chi connectivity index (χ3n) is 4.13. The summed E-state index contributed by atoms with van der Waals surface area (Å²) in [5.41, 5.74) is 3.52. The lowest BCUT2D eigenvalue weighted by molar-refractivity contribution is 0.0729. The molecule has 1 heterocycles. The molecule has 0 aliphatic carbocycles. The standard InChI is InChI=1S/C23H22N4O5/c1-3-12-31-18-7-5-17(6-8-18)23(29)32-20-9-4-16(13-21(20)30-2)14-26-27-22(28)19-15-24-10-11-25-19/h4-11,13-15H,3,12H2,1-2H3,(H,27,28)/b26-14-. The quantitative estimate of drug-likeness (QED) is 0.238. The Morgan fingerprint density at radius 2 is 1.91 bits per heavy atom. The third-order valence-corrected chi connectivity index (χ3v) is 4.13. The zero-order valence-corrected chi connectivity index (χ0v) is 17.6. The number of esters is 1. The van der Waals surface area contributed by atoms with Crippen molar-refractivity contribution in [2.45, 2.75) is 13.3 Å². The zero-order valence-electron chi connectivity index (χ0n) is 17.6. The van der Waals surface area contributed by atoms with Crippen LogP contribution in [0, 0.1) is 0 Å². The van der Waals surface area contributed by atoms with E-state index in [0.717, 1.165) is 6.42 Å². The Labute approximate surface area is 185 Å². The van der Waals surface area contributed by atoms with Crippen LogP contribution in [-0.2, 0) is 0 Å². The summed E-state index contributed by atoms with van der Waals surface area (Å²) in [6.45, 7) is 2.63. The highest BCUT2D eigenvalue weighted by Gasteiger charge is 2.13. The molecule has 0 atom stereocenters. The van der Waals surface area contributed by atoms with Gasteiger partial charge in [0, 0.05) is 12.4 Å². The maximum absolute atomic E-state index is 12.5. The Hall–Kier alpha value is -4.27. The number of carbonyl (C=O) groups excluding carboxylic acids is 2. The largest absolute Gasteiger partial charge is 0.494 e. The minimum Gasteiger partial charge on any atom is -0.494 e. The molecule has 0 spiro atoms. The average molecular weight is 434 g/mol. The van der Waals surface area contributed by atoms with E-state index >= 15 is 0 Å². The predicted molar refractivity (Wildman–Crippen MR) is 117 cm³/mol. The van der Waals surface area contributed by atoms with Gasteiger partial charge in [0.25, 0.3) is 5.91 Å². The lowest BCUT2D eigenvalue weighted by Crippen LogP contribution is -2.19. The molecule has 0 unspecified atom stereocenters. The molecule has 1 N–H and O–H groups in total. The summed E-state index contributed by atoms with van der Waals surface area (Å²) >= 11 is 0. The van der Waals surface area contributed by atoms with Gasteiger partial charge < -0.3 is 14.2 Å². The van der Waals surface area contributed by atoms with Crippen LogP contribution in [0.25, 0.3) is 0 Å². The van der Waals surface area contributed by atoms with Crippen molar-refractivity contribution in [2.24, 2.45) is 5.10 Å². The van der Waals surface area contributed by atoms with Gasteiger partial charge in [0.15, 0.2) is 11.5 Å². The monoisotopic (exact) mass is 434 g/mol. The first kappa shape index (κ1) is 22.4. The molecule has 9 nitrogen and oxygen atoms in total. The van der Waals surface area contributed by atoms with Crippen molar-refractivity contribution < 1.29 is 23.8 Å². The lowest BCUT2D eigenvalue weighted by Gasteiger charge is -2.10. The van der Waals surface area contributed by atoms with Gasteiger partial charge in [0.05, 0.1) is 31.7 Å². The number of hydrogen-bond donors (Lipinski definition) is 1. The first-order valence-electron chi connectivity index (χ1n) is 9.83. The third kappa shape index (κ3) is 6.11. The van der Waals surface area contributed by atoms with Gasteiger partial charge in [0.1, 0.15) is 11.4 Å². The second-order valence-corrected chi connectivity index (χ2v) is 6.46. The van der Waals surface area contributed by atoms with Gasteiger partial charge in [-0.15, -0.1) is 0 Å². The molecule has 1 aromatic heterocycles. The molecule has 0 saturated heterocycles. The summed E-state index contributed by atoms with van der Waals surface area (Å²) in [7, 11) is 1.46. The Balaban J connectivity index is 1.63. The van der Waals surface area contributed by atoms with Crippen LogP contribution in [0.5, 0.6) is 17.2 Å². The molecule has 0 aliphatic heterocycles. The molecule has 2 aromatic carbocycles. The van der Waals surface area contributed by atoms with E-state index in [-0.39, 0.29) is 11.4 Å². The zero-order chi connectivity index (χ0) is 22.8. The molecule has 0 aliphatic rings. The number of nitrogens with zero attached hydrogens (tertiary/aromatic N) is 3. The van der Waals surface area contributed by atoms with E-state index < -0.39 is 11.9 Å². The minimum absolute atomic E-state index is 0.148. The van der Waals surface area contributed by atoms with Crippen molar-refractivity contribution >= 4 is 18.1 Å². The second-order valence-electron chi connectivity index (χ2n) is 6.46. The minimum atomic E-state index is -0.525. The van der Waals surface area contributed by atoms with Crippen LogP contribution in [0.2, 0.25) is 0 Å². The number of nitrogens with one attached hydrogen (secondary N) is 1. The SMILES string of the molecule is CCCOc1ccc(C(=O)Oc2ccc(/C=N\NC(=O)c3cnccn3)cc2OC)cc1. The fourth-order valence-corrected chi connectivity index (χ4v) is 2.55. The summed E-state index contributed by atoms with van der Waals surface area (Å²) < 4.78 is 16.3. The maximum Gasteiger partial charge on any atom is 0.343 e. The van der Waals surface area contributed by atoms with E-state index in [1.165, 1.54) is 31.9 Å². The topological polar surface area (TPSA) is 112 Å². The fourth-order valence-electron chi connectivity index (χ4n) is 2.55. The molecular weight excluding hydrogens is 412 g/mol. The van der Waals surface area contributed by atoms with Gasteiger partial charge >= 0.3 is 5.97 Å². The lowest BCUT2D eigenvalue weighted by atomic mass is 10.2. The molecule has 0 fully saturated rings. The molecule has 9 heteroatoms. The number of methoxy groups -OCH3 is 1. The van der Waals surface area contributed by atoms with Crippen LogP contribution in [0.4, 0.5) is 0 Å². The normalized spacial score (nSPS) is 10.6. The summed E-state index contributed by atoms with van der Waals surface area (Å²) in [6, 6.07) is 11.6. The Morgan fingerprint density at radius 3 is 2.59 bits per heavy atom. The van der Waals surface area contributed by atoms with E-state index in [4.69, 9.17) is 14.2 Å². The van der Waals surface area contributed by atoms with Crippen LogP contribution in [0.15, 0.2) is 66.2 Å². The summed E-state index contributed by atoms with van der Waals surface area (Å²) in [6.07, 6.45) is 6.55. The van der Waals surface area contributed by atoms with E-state index in [2.05, 4.69) is 20.5 Å².